The Morgan fingerprint density at radius 2 is 0.864 bits per heavy atom. The van der Waals surface area contributed by atoms with Crippen LogP contribution in [0.3, 0.4) is 0 Å². The van der Waals surface area contributed by atoms with Crippen LogP contribution in [0.1, 0.15) is 17.8 Å². The molecule has 0 amide bonds. The van der Waals surface area contributed by atoms with Crippen molar-refractivity contribution in [2.24, 2.45) is 0 Å². The molecule has 0 N–H and O–H groups in total. The number of hydrogen-bond acceptors (Lipinski definition) is 2. The highest BCUT2D eigenvalue weighted by atomic mass is 16.3. The largest absolute Gasteiger partial charge is 0.456 e. The van der Waals surface area contributed by atoms with Gasteiger partial charge in [-0.3, -0.25) is 0 Å². The van der Waals surface area contributed by atoms with Crippen molar-refractivity contribution in [1.29, 1.82) is 0 Å². The van der Waals surface area contributed by atoms with Crippen LogP contribution >= 0.6 is 0 Å². The molecule has 2 heteroatoms. The summed E-state index contributed by atoms with van der Waals surface area (Å²) in [6, 6.07) is 15.7. The van der Waals surface area contributed by atoms with Gasteiger partial charge in [0.1, 0.15) is 22.7 Å². The highest BCUT2D eigenvalue weighted by molar-refractivity contribution is 6.21. The predicted molar refractivity (Wildman–Crippen MR) is 183 cm³/mol. The van der Waals surface area contributed by atoms with E-state index in [1.165, 1.54) is 0 Å². The smallest absolute Gasteiger partial charge is 0.135 e. The fourth-order valence-electron chi connectivity index (χ4n) is 5.82. The molecule has 0 atom stereocenters. The molecule has 2 heterocycles. The summed E-state index contributed by atoms with van der Waals surface area (Å²) in [5.74, 6) is 1.23. The molecule has 0 radical (unpaired) electrons. The molecule has 9 rings (SSSR count). The summed E-state index contributed by atoms with van der Waals surface area (Å²) in [5.41, 5.74) is 2.44. The summed E-state index contributed by atoms with van der Waals surface area (Å²) in [6.45, 7) is 0. The van der Waals surface area contributed by atoms with Gasteiger partial charge in [0.15, 0.2) is 0 Å². The summed E-state index contributed by atoms with van der Waals surface area (Å²) in [7, 11) is 0. The molecule has 0 aliphatic heterocycles. The highest BCUT2D eigenvalue weighted by Crippen LogP contribution is 2.44. The summed E-state index contributed by atoms with van der Waals surface area (Å²) in [4.78, 5) is 0. The number of hydrogen-bond donors (Lipinski definition) is 0. The second-order valence-corrected chi connectivity index (χ2v) is 10.3. The molecule has 0 unspecified atom stereocenters. The van der Waals surface area contributed by atoms with Gasteiger partial charge in [-0.05, 0) is 86.3 Å². The Balaban J connectivity index is 1.35. The van der Waals surface area contributed by atoms with Gasteiger partial charge in [-0.15, -0.1) is 0 Å². The third-order valence-electron chi connectivity index (χ3n) is 7.79. The maximum absolute atomic E-state index is 9.19. The number of furan rings is 2. The van der Waals surface area contributed by atoms with Crippen LogP contribution in [-0.2, 0) is 0 Å². The molecular weight excluding hydrogens is 536 g/mol. The molecule has 44 heavy (non-hydrogen) atoms. The quantitative estimate of drug-likeness (QED) is 0.195. The van der Waals surface area contributed by atoms with E-state index in [0.717, 1.165) is 16.5 Å². The van der Waals surface area contributed by atoms with Gasteiger partial charge in [-0.1, -0.05) is 115 Å². The maximum Gasteiger partial charge on any atom is 0.135 e. The Morgan fingerprint density at radius 1 is 0.386 bits per heavy atom. The van der Waals surface area contributed by atoms with Crippen molar-refractivity contribution >= 4 is 43.5 Å². The lowest BCUT2D eigenvalue weighted by Crippen LogP contribution is -1.90. The molecule has 2 nitrogen and oxygen atoms in total. The van der Waals surface area contributed by atoms with E-state index in [0.29, 0.717) is 33.6 Å². The van der Waals surface area contributed by atoms with Crippen LogP contribution in [0, 0.1) is 0 Å². The molecule has 0 aliphatic carbocycles. The molecule has 2 aromatic heterocycles. The van der Waals surface area contributed by atoms with Gasteiger partial charge < -0.3 is 8.83 Å². The zero-order valence-electron chi connectivity index (χ0n) is 35.8. The number of rotatable bonds is 4. The Bertz CT molecular complexity index is 3110. The fourth-order valence-corrected chi connectivity index (χ4v) is 5.82. The minimum Gasteiger partial charge on any atom is -0.456 e. The zero-order chi connectivity index (χ0) is 40.3. The minimum atomic E-state index is -0.720. The lowest BCUT2D eigenvalue weighted by atomic mass is 9.86. The van der Waals surface area contributed by atoms with Crippen molar-refractivity contribution in [1.82, 2.24) is 0 Å². The molecule has 0 saturated heterocycles. The molecule has 0 saturated carbocycles. The molecule has 9 aromatic rings. The highest BCUT2D eigenvalue weighted by Gasteiger charge is 2.17. The Kier molecular flexibility index (Phi) is 3.37. The summed E-state index contributed by atoms with van der Waals surface area (Å²) < 4.78 is 126. The predicted octanol–water partition coefficient (Wildman–Crippen LogP) is 12.2. The number of benzene rings is 7. The van der Waals surface area contributed by atoms with Crippen LogP contribution in [0.25, 0.3) is 88.4 Å². The van der Waals surface area contributed by atoms with E-state index in [1.807, 2.05) is 54.6 Å². The molecule has 0 bridgehead atoms. The van der Waals surface area contributed by atoms with E-state index < -0.39 is 84.1 Å². The summed E-state index contributed by atoms with van der Waals surface area (Å²) >= 11 is 0. The molecule has 0 fully saturated rings. The molecule has 0 aliphatic rings. The Morgan fingerprint density at radius 3 is 1.45 bits per heavy atom. The van der Waals surface area contributed by atoms with Gasteiger partial charge >= 0.3 is 0 Å². The Labute approximate surface area is 272 Å². The molecule has 206 valence electrons. The van der Waals surface area contributed by atoms with E-state index in [4.69, 9.17) is 23.9 Å². The third-order valence-corrected chi connectivity index (χ3v) is 7.79. The van der Waals surface area contributed by atoms with Crippen molar-refractivity contribution in [3.63, 3.8) is 0 Å². The lowest BCUT2D eigenvalue weighted by Gasteiger charge is -2.17. The van der Waals surface area contributed by atoms with E-state index >= 15 is 0 Å². The molecule has 7 aromatic carbocycles. The van der Waals surface area contributed by atoms with Gasteiger partial charge in [0.25, 0.3) is 0 Å². The standard InChI is InChI=1S/C42H26O2/c1-3-11-27(12-4-1)39-25-31-23-29(19-21-37(31)43-39)40-26-32-24-30(20-22-38(32)44-40)42-35-17-9-7-15-33(35)41(28-13-5-2-6-14-28)34-16-8-10-18-36(34)42/h1-26H/i2D,5D,6D,7D,8D,9D,10D,13D,14D,15D,16D,17D,18D. The van der Waals surface area contributed by atoms with Crippen LogP contribution in [0.5, 0.6) is 0 Å². The van der Waals surface area contributed by atoms with Gasteiger partial charge in [0.2, 0.25) is 0 Å². The lowest BCUT2D eigenvalue weighted by molar-refractivity contribution is 0.629. The molecular formula is C42H26O2. The SMILES string of the molecule is [2H]c1c([2H])c([2H])c(-c2c3c([2H])c([2H])c([2H])c([2H])c3c(-c3ccc4oc(-c5ccc6oc(-c7ccccc7)cc6c5)cc4c3)c3c([2H])c([2H])c([2H])c([2H])c23)c([2H])c1[2H]. The van der Waals surface area contributed by atoms with Gasteiger partial charge in [-0.2, -0.15) is 0 Å². The van der Waals surface area contributed by atoms with Crippen molar-refractivity contribution in [3.05, 3.63) is 157 Å². The summed E-state index contributed by atoms with van der Waals surface area (Å²) in [6.07, 6.45) is 0. The van der Waals surface area contributed by atoms with Crippen LogP contribution in [-0.4, -0.2) is 0 Å². The van der Waals surface area contributed by atoms with E-state index in [2.05, 4.69) is 0 Å². The Hall–Kier alpha value is -5.86. The van der Waals surface area contributed by atoms with Crippen LogP contribution in [0.15, 0.2) is 166 Å². The average Bonchev–Trinajstić information content (AvgIpc) is 3.86. The van der Waals surface area contributed by atoms with Crippen molar-refractivity contribution in [2.75, 3.05) is 0 Å². The summed E-state index contributed by atoms with van der Waals surface area (Å²) in [5, 5.41) is 0.614. The van der Waals surface area contributed by atoms with Gasteiger partial charge in [0.05, 0.1) is 17.8 Å². The van der Waals surface area contributed by atoms with Crippen molar-refractivity contribution < 1.29 is 26.7 Å². The average molecular weight is 576 g/mol. The monoisotopic (exact) mass is 575 g/mol. The first-order chi connectivity index (χ1) is 27.2. The number of fused-ring (bicyclic) bond motifs is 4. The first-order valence-electron chi connectivity index (χ1n) is 20.4. The second-order valence-electron chi connectivity index (χ2n) is 10.3. The van der Waals surface area contributed by atoms with Crippen molar-refractivity contribution in [2.45, 2.75) is 0 Å². The van der Waals surface area contributed by atoms with Crippen molar-refractivity contribution in [3.8, 4) is 44.9 Å². The molecule has 0 spiro atoms. The first-order valence-corrected chi connectivity index (χ1v) is 13.9. The van der Waals surface area contributed by atoms with Crippen LogP contribution < -0.4 is 0 Å². The first kappa shape index (κ1) is 15.0. The topological polar surface area (TPSA) is 26.3 Å². The van der Waals surface area contributed by atoms with Crippen LogP contribution in [0.4, 0.5) is 0 Å². The van der Waals surface area contributed by atoms with E-state index in [1.54, 1.807) is 24.3 Å². The zero-order valence-corrected chi connectivity index (χ0v) is 22.8. The van der Waals surface area contributed by atoms with Crippen LogP contribution in [0.2, 0.25) is 0 Å². The maximum atomic E-state index is 9.19. The fraction of sp³-hybridized carbons (Fsp3) is 0. The van der Waals surface area contributed by atoms with Gasteiger partial charge in [-0.25, -0.2) is 0 Å². The minimum absolute atomic E-state index is 0.0491. The van der Waals surface area contributed by atoms with E-state index in [-0.39, 0.29) is 32.7 Å². The normalized spacial score (nSPS) is 15.8. The van der Waals surface area contributed by atoms with E-state index in [9.17, 15) is 2.74 Å². The second kappa shape index (κ2) is 9.86. The third kappa shape index (κ3) is 3.96. The van der Waals surface area contributed by atoms with Gasteiger partial charge in [0, 0.05) is 21.9 Å².